The van der Waals surface area contributed by atoms with Crippen molar-refractivity contribution in [1.82, 2.24) is 0 Å². The molecule has 0 radical (unpaired) electrons. The summed E-state index contributed by atoms with van der Waals surface area (Å²) in [6, 6.07) is 22.4. The first-order valence-corrected chi connectivity index (χ1v) is 23.2. The minimum atomic E-state index is -4.42. The van der Waals surface area contributed by atoms with Gasteiger partial charge in [0.2, 0.25) is 0 Å². The molecule has 3 aliphatic heterocycles. The number of ether oxygens (including phenoxy) is 6. The minimum Gasteiger partial charge on any atom is -0.465 e. The summed E-state index contributed by atoms with van der Waals surface area (Å²) in [5.74, 6) is 1.37. The van der Waals surface area contributed by atoms with E-state index in [0.717, 1.165) is 64.2 Å². The third-order valence-corrected chi connectivity index (χ3v) is 17.6. The van der Waals surface area contributed by atoms with Gasteiger partial charge in [0.1, 0.15) is 23.0 Å². The molecule has 298 valence electrons. The first-order valence-electron chi connectivity index (χ1n) is 20.0. The van der Waals surface area contributed by atoms with Gasteiger partial charge >= 0.3 is 0 Å². The van der Waals surface area contributed by atoms with E-state index in [-0.39, 0.29) is 11.7 Å². The first kappa shape index (κ1) is 38.7. The number of carbonyl (C=O) groups is 1. The van der Waals surface area contributed by atoms with Gasteiger partial charge in [-0.3, -0.25) is 4.79 Å². The molecule has 12 heteroatoms. The molecule has 0 N–H and O–H groups in total. The Hall–Kier alpha value is -3.13. The molecule has 2 bridgehead atoms. The molecule has 2 saturated carbocycles. The molecular weight excluding hydrogens is 741 g/mol. The third-order valence-electron chi connectivity index (χ3n) is 12.4. The fourth-order valence-electron chi connectivity index (χ4n) is 9.16. The van der Waals surface area contributed by atoms with Crippen LogP contribution in [0, 0.1) is 16.7 Å². The lowest BCUT2D eigenvalue weighted by atomic mass is 9.70. The summed E-state index contributed by atoms with van der Waals surface area (Å²) in [7, 11) is -7.58. The van der Waals surface area contributed by atoms with Crippen molar-refractivity contribution in [2.45, 2.75) is 124 Å². The van der Waals surface area contributed by atoms with Crippen molar-refractivity contribution < 1.29 is 45.3 Å². The smallest absolute Gasteiger partial charge is 0.278 e. The SMILES string of the molecule is CC1(C)C2CCC1(CS(=O)(=O)OS(c1cccc(OC3CCCCO3)c1)(c1cccc(OC3CCCCO3)c1)c1cccc(OC3CCCCO3)c1)C(=O)C2. The highest BCUT2D eigenvalue weighted by Crippen LogP contribution is 2.72. The molecule has 3 heterocycles. The molecule has 5 atom stereocenters. The molecule has 0 aromatic heterocycles. The molecule has 3 saturated heterocycles. The Balaban J connectivity index is 1.27. The van der Waals surface area contributed by atoms with E-state index in [1.54, 1.807) is 0 Å². The number of benzene rings is 3. The number of hydrogen-bond acceptors (Lipinski definition) is 10. The van der Waals surface area contributed by atoms with Gasteiger partial charge in [-0.1, -0.05) is 32.0 Å². The lowest BCUT2D eigenvalue weighted by Crippen LogP contribution is -2.42. The van der Waals surface area contributed by atoms with Gasteiger partial charge < -0.3 is 28.4 Å². The highest BCUT2D eigenvalue weighted by atomic mass is 32.3. The van der Waals surface area contributed by atoms with Crippen molar-refractivity contribution in [3.8, 4) is 17.2 Å². The molecule has 10 nitrogen and oxygen atoms in total. The quantitative estimate of drug-likeness (QED) is 0.166. The largest absolute Gasteiger partial charge is 0.465 e. The van der Waals surface area contributed by atoms with Crippen molar-refractivity contribution >= 4 is 26.2 Å². The van der Waals surface area contributed by atoms with E-state index in [0.29, 0.717) is 64.6 Å². The zero-order chi connectivity index (χ0) is 38.1. The maximum atomic E-state index is 15.0. The van der Waals surface area contributed by atoms with E-state index in [1.165, 1.54) is 0 Å². The average molecular weight is 795 g/mol. The van der Waals surface area contributed by atoms with Crippen LogP contribution in [0.5, 0.6) is 17.2 Å². The lowest BCUT2D eigenvalue weighted by Gasteiger charge is -2.42. The number of Topliss-reactive ketones (excluding diaryl/α,β-unsaturated/α-hetero) is 1. The van der Waals surface area contributed by atoms with Gasteiger partial charge in [0.15, 0.2) is 18.9 Å². The third kappa shape index (κ3) is 7.92. The Morgan fingerprint density at radius 3 is 1.42 bits per heavy atom. The molecule has 3 aromatic rings. The molecule has 5 fully saturated rings. The second-order valence-corrected chi connectivity index (χ2v) is 20.6. The zero-order valence-electron chi connectivity index (χ0n) is 32.0. The Labute approximate surface area is 327 Å². The van der Waals surface area contributed by atoms with Crippen LogP contribution in [0.25, 0.3) is 0 Å². The van der Waals surface area contributed by atoms with Crippen molar-refractivity contribution in [2.75, 3.05) is 25.6 Å². The summed E-state index contributed by atoms with van der Waals surface area (Å²) in [5, 5.41) is 0. The van der Waals surface area contributed by atoms with Crippen molar-refractivity contribution in [2.24, 2.45) is 16.7 Å². The molecule has 2 aliphatic carbocycles. The number of fused-ring (bicyclic) bond motifs is 2. The monoisotopic (exact) mass is 794 g/mol. The standard InChI is InChI=1S/C43H54O10S2/c1-42(2)31-21-22-43(42,38(44)26-31)30-54(45,46)53-55(35-15-9-12-32(27-35)50-39-18-3-6-23-47-39,36-16-10-13-33(28-36)51-40-19-4-7-24-48-40)37-17-11-14-34(29-37)52-41-20-5-8-25-49-41/h9-17,27-29,31,39-41H,3-8,18-26,30H2,1-2H3. The van der Waals surface area contributed by atoms with Gasteiger partial charge in [-0.2, -0.15) is 8.42 Å². The van der Waals surface area contributed by atoms with E-state index in [1.807, 2.05) is 86.6 Å². The Morgan fingerprint density at radius 1 is 0.636 bits per heavy atom. The van der Waals surface area contributed by atoms with Gasteiger partial charge in [0, 0.05) is 40.4 Å². The normalized spacial score (nSPS) is 29.6. The van der Waals surface area contributed by atoms with Crippen LogP contribution in [0.4, 0.5) is 0 Å². The van der Waals surface area contributed by atoms with E-state index >= 15 is 8.42 Å². The fraction of sp³-hybridized carbons (Fsp3) is 0.558. The Kier molecular flexibility index (Phi) is 11.3. The molecule has 0 amide bonds. The van der Waals surface area contributed by atoms with Crippen molar-refractivity contribution in [3.63, 3.8) is 0 Å². The molecule has 55 heavy (non-hydrogen) atoms. The van der Waals surface area contributed by atoms with Gasteiger partial charge in [0.05, 0.1) is 31.0 Å². The number of carbonyl (C=O) groups excluding carboxylic acids is 1. The van der Waals surface area contributed by atoms with Crippen molar-refractivity contribution in [1.29, 1.82) is 0 Å². The fourth-order valence-corrected chi connectivity index (χ4v) is 15.3. The van der Waals surface area contributed by atoms with Crippen LogP contribution < -0.4 is 14.2 Å². The average Bonchev–Trinajstić information content (AvgIpc) is 3.53. The van der Waals surface area contributed by atoms with Gasteiger partial charge in [0.25, 0.3) is 10.1 Å². The van der Waals surface area contributed by atoms with Crippen LogP contribution >= 0.6 is 10.3 Å². The molecule has 8 rings (SSSR count). The lowest BCUT2D eigenvalue weighted by molar-refractivity contribution is -0.128. The van der Waals surface area contributed by atoms with Gasteiger partial charge in [-0.25, -0.2) is 3.63 Å². The van der Waals surface area contributed by atoms with Gasteiger partial charge in [-0.05, 0) is 128 Å². The van der Waals surface area contributed by atoms with Crippen LogP contribution in [0.1, 0.15) is 90.9 Å². The molecular formula is C43H54O10S2. The maximum absolute atomic E-state index is 15.0. The predicted octanol–water partition coefficient (Wildman–Crippen LogP) is 9.34. The zero-order valence-corrected chi connectivity index (χ0v) is 33.6. The summed E-state index contributed by atoms with van der Waals surface area (Å²) >= 11 is 0. The summed E-state index contributed by atoms with van der Waals surface area (Å²) in [6.45, 7) is 5.94. The van der Waals surface area contributed by atoms with E-state index in [4.69, 9.17) is 32.1 Å². The number of hydrogen-bond donors (Lipinski definition) is 0. The van der Waals surface area contributed by atoms with E-state index < -0.39 is 55.9 Å². The van der Waals surface area contributed by atoms with E-state index in [2.05, 4.69) is 0 Å². The van der Waals surface area contributed by atoms with Crippen LogP contribution in [-0.2, 0) is 32.8 Å². The minimum absolute atomic E-state index is 0.00941. The maximum Gasteiger partial charge on any atom is 0.278 e. The second-order valence-electron chi connectivity index (χ2n) is 16.2. The molecule has 5 aliphatic rings. The van der Waals surface area contributed by atoms with E-state index in [9.17, 15) is 4.79 Å². The summed E-state index contributed by atoms with van der Waals surface area (Å²) < 4.78 is 73.9. The summed E-state index contributed by atoms with van der Waals surface area (Å²) in [5.41, 5.74) is -1.51. The number of rotatable bonds is 13. The van der Waals surface area contributed by atoms with Crippen LogP contribution in [0.3, 0.4) is 0 Å². The summed E-state index contributed by atoms with van der Waals surface area (Å²) in [4.78, 5) is 15.5. The highest BCUT2D eigenvalue weighted by molar-refractivity contribution is 8.33. The highest BCUT2D eigenvalue weighted by Gasteiger charge is 2.66. The molecule has 5 unspecified atom stereocenters. The van der Waals surface area contributed by atoms with Gasteiger partial charge in [-0.15, -0.1) is 0 Å². The predicted molar refractivity (Wildman–Crippen MR) is 208 cm³/mol. The topological polar surface area (TPSA) is 116 Å². The Morgan fingerprint density at radius 2 is 1.07 bits per heavy atom. The first-order chi connectivity index (χ1) is 26.6. The van der Waals surface area contributed by atoms with Crippen LogP contribution in [-0.4, -0.2) is 58.6 Å². The molecule has 0 spiro atoms. The van der Waals surface area contributed by atoms with Crippen molar-refractivity contribution in [3.05, 3.63) is 72.8 Å². The van der Waals surface area contributed by atoms with Crippen LogP contribution in [0.2, 0.25) is 0 Å². The Bertz CT molecular complexity index is 1780. The second kappa shape index (κ2) is 16.0. The molecule has 3 aromatic carbocycles. The number of ketones is 1. The van der Waals surface area contributed by atoms with Crippen LogP contribution in [0.15, 0.2) is 87.5 Å². The summed E-state index contributed by atoms with van der Waals surface area (Å²) in [6.07, 6.45) is 8.69.